The molecule has 1 aromatic carbocycles. The van der Waals surface area contributed by atoms with Crippen molar-refractivity contribution in [1.82, 2.24) is 0 Å². The number of hydrogen-bond acceptors (Lipinski definition) is 3. The Labute approximate surface area is 104 Å². The van der Waals surface area contributed by atoms with Crippen LogP contribution in [-0.2, 0) is 0 Å². The molecule has 1 aromatic rings. The van der Waals surface area contributed by atoms with E-state index in [2.05, 4.69) is 0 Å². The summed E-state index contributed by atoms with van der Waals surface area (Å²) in [6, 6.07) is 7.59. The number of nitrogens with two attached hydrogens (primary N) is 1. The van der Waals surface area contributed by atoms with Crippen LogP contribution < -0.4 is 10.5 Å². The third-order valence-electron chi connectivity index (χ3n) is 2.87. The molecule has 0 bridgehead atoms. The van der Waals surface area contributed by atoms with Crippen molar-refractivity contribution in [2.24, 2.45) is 11.7 Å². The van der Waals surface area contributed by atoms with Gasteiger partial charge in [-0.2, -0.15) is 0 Å². The van der Waals surface area contributed by atoms with Crippen LogP contribution in [0.15, 0.2) is 24.3 Å². The second-order valence-corrected chi connectivity index (χ2v) is 4.58. The molecule has 0 fully saturated rings. The highest BCUT2D eigenvalue weighted by atomic mass is 16.5. The van der Waals surface area contributed by atoms with Gasteiger partial charge in [-0.15, -0.1) is 0 Å². The highest BCUT2D eigenvalue weighted by Gasteiger charge is 2.17. The van der Waals surface area contributed by atoms with E-state index in [0.717, 1.165) is 17.7 Å². The van der Waals surface area contributed by atoms with Crippen LogP contribution in [-0.4, -0.2) is 17.8 Å². The van der Waals surface area contributed by atoms with Gasteiger partial charge in [0.2, 0.25) is 0 Å². The van der Waals surface area contributed by atoms with E-state index in [9.17, 15) is 5.11 Å². The molecule has 3 heteroatoms. The smallest absolute Gasteiger partial charge is 0.119 e. The Morgan fingerprint density at radius 2 is 1.82 bits per heavy atom. The molecule has 0 saturated carbocycles. The van der Waals surface area contributed by atoms with E-state index >= 15 is 0 Å². The molecular formula is C14H23NO2. The summed E-state index contributed by atoms with van der Waals surface area (Å²) in [4.78, 5) is 0. The lowest BCUT2D eigenvalue weighted by atomic mass is 9.93. The molecule has 3 N–H and O–H groups in total. The second kappa shape index (κ2) is 6.62. The van der Waals surface area contributed by atoms with E-state index in [1.807, 2.05) is 45.0 Å². The van der Waals surface area contributed by atoms with E-state index < -0.39 is 6.10 Å². The number of benzene rings is 1. The van der Waals surface area contributed by atoms with Crippen molar-refractivity contribution in [2.75, 3.05) is 6.54 Å². The highest BCUT2D eigenvalue weighted by molar-refractivity contribution is 5.29. The van der Waals surface area contributed by atoms with Gasteiger partial charge in [-0.05, 0) is 44.5 Å². The molecule has 0 aliphatic carbocycles. The Balaban J connectivity index is 2.72. The average Bonchev–Trinajstić information content (AvgIpc) is 2.30. The number of rotatable bonds is 6. The zero-order valence-electron chi connectivity index (χ0n) is 10.9. The highest BCUT2D eigenvalue weighted by Crippen LogP contribution is 2.25. The van der Waals surface area contributed by atoms with Crippen molar-refractivity contribution in [1.29, 1.82) is 0 Å². The van der Waals surface area contributed by atoms with Gasteiger partial charge < -0.3 is 15.6 Å². The van der Waals surface area contributed by atoms with Crippen LogP contribution in [0.3, 0.4) is 0 Å². The summed E-state index contributed by atoms with van der Waals surface area (Å²) in [5.41, 5.74) is 6.53. The van der Waals surface area contributed by atoms with E-state index in [0.29, 0.717) is 6.54 Å². The third-order valence-corrected chi connectivity index (χ3v) is 2.87. The van der Waals surface area contributed by atoms with Crippen LogP contribution in [0.5, 0.6) is 5.75 Å². The molecule has 1 rings (SSSR count). The van der Waals surface area contributed by atoms with Gasteiger partial charge in [0, 0.05) is 5.92 Å². The van der Waals surface area contributed by atoms with Crippen molar-refractivity contribution in [3.63, 3.8) is 0 Å². The summed E-state index contributed by atoms with van der Waals surface area (Å²) in [5.74, 6) is 0.948. The van der Waals surface area contributed by atoms with Crippen LogP contribution in [0, 0.1) is 5.92 Å². The number of hydrogen-bond donors (Lipinski definition) is 2. The lowest BCUT2D eigenvalue weighted by molar-refractivity contribution is 0.110. The molecule has 0 aliphatic heterocycles. The molecule has 2 unspecified atom stereocenters. The molecule has 0 aliphatic rings. The predicted molar refractivity (Wildman–Crippen MR) is 70.0 cm³/mol. The van der Waals surface area contributed by atoms with Gasteiger partial charge in [0.25, 0.3) is 0 Å². The Bertz CT molecular complexity index is 317. The van der Waals surface area contributed by atoms with E-state index in [1.54, 1.807) is 0 Å². The standard InChI is InChI=1S/C14H23NO2/c1-4-11(9-15)14(16)12-5-7-13(8-6-12)17-10(2)3/h5-8,10-11,14,16H,4,9,15H2,1-3H3. The summed E-state index contributed by atoms with van der Waals surface area (Å²) in [5, 5.41) is 10.1. The van der Waals surface area contributed by atoms with Crippen LogP contribution in [0.1, 0.15) is 38.9 Å². The van der Waals surface area contributed by atoms with Gasteiger partial charge in [-0.25, -0.2) is 0 Å². The van der Waals surface area contributed by atoms with Gasteiger partial charge in [0.1, 0.15) is 5.75 Å². The van der Waals surface area contributed by atoms with Gasteiger partial charge in [-0.3, -0.25) is 0 Å². The SMILES string of the molecule is CCC(CN)C(O)c1ccc(OC(C)C)cc1. The van der Waals surface area contributed by atoms with Gasteiger partial charge in [-0.1, -0.05) is 19.1 Å². The number of aliphatic hydroxyl groups excluding tert-OH is 1. The molecule has 3 nitrogen and oxygen atoms in total. The lowest BCUT2D eigenvalue weighted by Gasteiger charge is -2.20. The topological polar surface area (TPSA) is 55.5 Å². The number of ether oxygens (including phenoxy) is 1. The van der Waals surface area contributed by atoms with Crippen LogP contribution in [0.4, 0.5) is 0 Å². The Hall–Kier alpha value is -1.06. The van der Waals surface area contributed by atoms with Gasteiger partial charge in [0.15, 0.2) is 0 Å². The monoisotopic (exact) mass is 237 g/mol. The third kappa shape index (κ3) is 4.02. The molecule has 0 amide bonds. The zero-order chi connectivity index (χ0) is 12.8. The minimum Gasteiger partial charge on any atom is -0.491 e. The minimum absolute atomic E-state index is 0.117. The largest absolute Gasteiger partial charge is 0.491 e. The van der Waals surface area contributed by atoms with Crippen molar-refractivity contribution in [2.45, 2.75) is 39.4 Å². The van der Waals surface area contributed by atoms with Gasteiger partial charge >= 0.3 is 0 Å². The summed E-state index contributed by atoms with van der Waals surface area (Å²) in [7, 11) is 0. The molecule has 0 radical (unpaired) electrons. The summed E-state index contributed by atoms with van der Waals surface area (Å²) >= 11 is 0. The quantitative estimate of drug-likeness (QED) is 0.799. The Kier molecular flexibility index (Phi) is 5.45. The predicted octanol–water partition coefficient (Wildman–Crippen LogP) is 2.49. The normalized spacial score (nSPS) is 14.7. The molecule has 0 aromatic heterocycles. The fourth-order valence-electron chi connectivity index (χ4n) is 1.81. The van der Waals surface area contributed by atoms with Crippen molar-refractivity contribution in [3.8, 4) is 5.75 Å². The molecule has 96 valence electrons. The summed E-state index contributed by atoms with van der Waals surface area (Å²) < 4.78 is 5.56. The maximum Gasteiger partial charge on any atom is 0.119 e. The molecule has 0 spiro atoms. The maximum atomic E-state index is 10.1. The van der Waals surface area contributed by atoms with E-state index in [-0.39, 0.29) is 12.0 Å². The first-order chi connectivity index (χ1) is 8.08. The average molecular weight is 237 g/mol. The van der Waals surface area contributed by atoms with Crippen LogP contribution in [0.2, 0.25) is 0 Å². The fourth-order valence-corrected chi connectivity index (χ4v) is 1.81. The second-order valence-electron chi connectivity index (χ2n) is 4.58. The summed E-state index contributed by atoms with van der Waals surface area (Å²) in [6.45, 7) is 6.52. The van der Waals surface area contributed by atoms with Crippen molar-refractivity contribution < 1.29 is 9.84 Å². The summed E-state index contributed by atoms with van der Waals surface area (Å²) in [6.07, 6.45) is 0.554. The van der Waals surface area contributed by atoms with E-state index in [1.165, 1.54) is 0 Å². The van der Waals surface area contributed by atoms with Gasteiger partial charge in [0.05, 0.1) is 12.2 Å². The molecular weight excluding hydrogens is 214 g/mol. The molecule has 0 saturated heterocycles. The van der Waals surface area contributed by atoms with E-state index in [4.69, 9.17) is 10.5 Å². The maximum absolute atomic E-state index is 10.1. The zero-order valence-corrected chi connectivity index (χ0v) is 10.9. The number of aliphatic hydroxyl groups is 1. The molecule has 0 heterocycles. The first kappa shape index (κ1) is 14.0. The minimum atomic E-state index is -0.488. The van der Waals surface area contributed by atoms with Crippen molar-refractivity contribution >= 4 is 0 Å². The first-order valence-corrected chi connectivity index (χ1v) is 6.23. The Morgan fingerprint density at radius 3 is 2.24 bits per heavy atom. The van der Waals surface area contributed by atoms with Crippen LogP contribution >= 0.6 is 0 Å². The molecule has 2 atom stereocenters. The lowest BCUT2D eigenvalue weighted by Crippen LogP contribution is -2.21. The Morgan fingerprint density at radius 1 is 1.24 bits per heavy atom. The van der Waals surface area contributed by atoms with Crippen LogP contribution in [0.25, 0.3) is 0 Å². The molecule has 17 heavy (non-hydrogen) atoms. The van der Waals surface area contributed by atoms with Crippen molar-refractivity contribution in [3.05, 3.63) is 29.8 Å². The first-order valence-electron chi connectivity index (χ1n) is 6.23. The fraction of sp³-hybridized carbons (Fsp3) is 0.571.